The topological polar surface area (TPSA) is 26.3 Å². The smallest absolute Gasteiger partial charge is 0.146 e. The fourth-order valence-corrected chi connectivity index (χ4v) is 7.23. The second kappa shape index (κ2) is 8.28. The minimum Gasteiger partial charge on any atom is -0.323 e. The van der Waals surface area contributed by atoms with Crippen molar-refractivity contribution in [2.75, 3.05) is 6.61 Å². The minimum absolute atomic E-state index is 0.0951. The van der Waals surface area contributed by atoms with Crippen LogP contribution in [0.3, 0.4) is 0 Å². The molecule has 0 unspecified atom stereocenters. The molecule has 2 aromatic carbocycles. The molecule has 2 nitrogen and oxygen atoms in total. The van der Waals surface area contributed by atoms with Gasteiger partial charge in [0.25, 0.3) is 0 Å². The van der Waals surface area contributed by atoms with Crippen LogP contribution in [-0.4, -0.2) is 17.6 Å². The van der Waals surface area contributed by atoms with E-state index in [0.717, 1.165) is 30.3 Å². The lowest BCUT2D eigenvalue weighted by Crippen LogP contribution is -2.28. The van der Waals surface area contributed by atoms with Crippen molar-refractivity contribution in [2.45, 2.75) is 48.2 Å². The molecule has 1 aliphatic rings. The Bertz CT molecular complexity index is 790. The fraction of sp³-hybridized carbons (Fsp3) is 0.292. The van der Waals surface area contributed by atoms with Crippen molar-refractivity contribution in [3.63, 3.8) is 0 Å². The predicted molar refractivity (Wildman–Crippen MR) is 114 cm³/mol. The minimum atomic E-state index is -1.75. The van der Waals surface area contributed by atoms with Gasteiger partial charge in [-0.2, -0.15) is 0 Å². The number of carbonyl (C=O) groups is 1. The standard InChI is InChI=1S/C24H28O2S/c1-24(2,3)27(22-13-6-4-7-14-22,23-15-8-5-9-16-23)26-19-21-12-10-11-20(17-21)18-25/h4-9,12-18H,10-11,19H2,1-3H3. The third kappa shape index (κ3) is 4.10. The molecule has 3 rings (SSSR count). The number of rotatable bonds is 6. The molecule has 1 aliphatic carbocycles. The Labute approximate surface area is 164 Å². The molecule has 27 heavy (non-hydrogen) atoms. The van der Waals surface area contributed by atoms with E-state index in [4.69, 9.17) is 4.18 Å². The summed E-state index contributed by atoms with van der Waals surface area (Å²) in [5, 5.41) is 0. The number of carbonyl (C=O) groups excluding carboxylic acids is 1. The van der Waals surface area contributed by atoms with E-state index in [1.807, 2.05) is 18.2 Å². The Kier molecular flexibility index (Phi) is 6.03. The third-order valence-corrected chi connectivity index (χ3v) is 8.84. The summed E-state index contributed by atoms with van der Waals surface area (Å²) < 4.78 is 6.76. The molecule has 142 valence electrons. The first kappa shape index (κ1) is 19.7. The second-order valence-electron chi connectivity index (χ2n) is 7.71. The van der Waals surface area contributed by atoms with E-state index in [0.29, 0.717) is 6.61 Å². The van der Waals surface area contributed by atoms with Crippen molar-refractivity contribution >= 4 is 16.6 Å². The molecule has 3 heteroatoms. The van der Waals surface area contributed by atoms with E-state index in [1.54, 1.807) is 0 Å². The average Bonchev–Trinajstić information content (AvgIpc) is 2.69. The summed E-state index contributed by atoms with van der Waals surface area (Å²) in [5.41, 5.74) is 1.95. The Balaban J connectivity index is 2.06. The van der Waals surface area contributed by atoms with Crippen LogP contribution in [0.1, 0.15) is 33.6 Å². The first-order chi connectivity index (χ1) is 13.0. The zero-order valence-electron chi connectivity index (χ0n) is 16.4. The summed E-state index contributed by atoms with van der Waals surface area (Å²) in [6.07, 6.45) is 6.86. The van der Waals surface area contributed by atoms with Crippen molar-refractivity contribution in [1.29, 1.82) is 0 Å². The van der Waals surface area contributed by atoms with Crippen LogP contribution in [0.2, 0.25) is 0 Å². The van der Waals surface area contributed by atoms with E-state index < -0.39 is 10.3 Å². The van der Waals surface area contributed by atoms with Crippen molar-refractivity contribution < 1.29 is 8.98 Å². The van der Waals surface area contributed by atoms with Gasteiger partial charge >= 0.3 is 0 Å². The van der Waals surface area contributed by atoms with Crippen LogP contribution >= 0.6 is 10.3 Å². The fourth-order valence-electron chi connectivity index (χ4n) is 3.52. The molecule has 0 bridgehead atoms. The van der Waals surface area contributed by atoms with Crippen LogP contribution in [0, 0.1) is 0 Å². The van der Waals surface area contributed by atoms with Crippen molar-refractivity contribution in [3.05, 3.63) is 84.0 Å². The molecule has 0 saturated carbocycles. The maximum Gasteiger partial charge on any atom is 0.146 e. The van der Waals surface area contributed by atoms with Gasteiger partial charge in [0, 0.05) is 14.5 Å². The highest BCUT2D eigenvalue weighted by Gasteiger charge is 2.41. The first-order valence-electron chi connectivity index (χ1n) is 9.39. The zero-order valence-corrected chi connectivity index (χ0v) is 17.2. The Morgan fingerprint density at radius 3 is 2.00 bits per heavy atom. The molecule has 0 fully saturated rings. The Morgan fingerprint density at radius 1 is 0.963 bits per heavy atom. The van der Waals surface area contributed by atoms with Gasteiger partial charge in [-0.3, -0.25) is 4.79 Å². The molecule has 0 radical (unpaired) electrons. The molecule has 0 N–H and O–H groups in total. The van der Waals surface area contributed by atoms with Crippen LogP contribution in [-0.2, 0) is 8.98 Å². The van der Waals surface area contributed by atoms with Crippen LogP contribution in [0.4, 0.5) is 0 Å². The van der Waals surface area contributed by atoms with Crippen molar-refractivity contribution in [2.24, 2.45) is 0 Å². The highest BCUT2D eigenvalue weighted by molar-refractivity contribution is 8.31. The highest BCUT2D eigenvalue weighted by atomic mass is 32.3. The van der Waals surface area contributed by atoms with Gasteiger partial charge in [-0.1, -0.05) is 58.9 Å². The quantitative estimate of drug-likeness (QED) is 0.536. The molecule has 0 heterocycles. The summed E-state index contributed by atoms with van der Waals surface area (Å²) in [6.45, 7) is 7.27. The maximum atomic E-state index is 11.2. The van der Waals surface area contributed by atoms with Gasteiger partial charge < -0.3 is 4.18 Å². The lowest BCUT2D eigenvalue weighted by atomic mass is 10.0. The molecule has 0 atom stereocenters. The number of hydrogen-bond acceptors (Lipinski definition) is 2. The molecule has 0 saturated heterocycles. The van der Waals surface area contributed by atoms with E-state index in [2.05, 4.69) is 75.4 Å². The number of allylic oxidation sites excluding steroid dienone is 2. The van der Waals surface area contributed by atoms with E-state index in [9.17, 15) is 4.79 Å². The van der Waals surface area contributed by atoms with Crippen molar-refractivity contribution in [1.82, 2.24) is 0 Å². The SMILES string of the molecule is CC(C)(C)S(OCC1=CCCC(C=O)=C1)(c1ccccc1)c1ccccc1. The van der Waals surface area contributed by atoms with Crippen LogP contribution in [0.25, 0.3) is 0 Å². The van der Waals surface area contributed by atoms with Gasteiger partial charge in [-0.15, -0.1) is 0 Å². The normalized spacial score (nSPS) is 15.7. The molecule has 0 aromatic heterocycles. The van der Waals surface area contributed by atoms with E-state index in [1.165, 1.54) is 9.79 Å². The lowest BCUT2D eigenvalue weighted by Gasteiger charge is -2.50. The molecular weight excluding hydrogens is 352 g/mol. The largest absolute Gasteiger partial charge is 0.323 e. The third-order valence-electron chi connectivity index (χ3n) is 4.78. The van der Waals surface area contributed by atoms with E-state index >= 15 is 0 Å². The zero-order chi connectivity index (χ0) is 19.3. The second-order valence-corrected chi connectivity index (χ2v) is 11.2. The molecule has 0 amide bonds. The van der Waals surface area contributed by atoms with Gasteiger partial charge in [0.1, 0.15) is 6.29 Å². The van der Waals surface area contributed by atoms with Gasteiger partial charge in [-0.25, -0.2) is 0 Å². The molecular formula is C24H28O2S. The Morgan fingerprint density at radius 2 is 1.52 bits per heavy atom. The van der Waals surface area contributed by atoms with Crippen LogP contribution in [0.5, 0.6) is 0 Å². The predicted octanol–water partition coefficient (Wildman–Crippen LogP) is 6.48. The number of benzene rings is 2. The first-order valence-corrected chi connectivity index (χ1v) is 11.0. The van der Waals surface area contributed by atoms with Crippen LogP contribution in [0.15, 0.2) is 93.8 Å². The lowest BCUT2D eigenvalue weighted by molar-refractivity contribution is -0.105. The molecule has 0 aliphatic heterocycles. The summed E-state index contributed by atoms with van der Waals surface area (Å²) in [7, 11) is -1.75. The van der Waals surface area contributed by atoms with Gasteiger partial charge in [0.15, 0.2) is 0 Å². The van der Waals surface area contributed by atoms with Gasteiger partial charge in [0.05, 0.1) is 6.61 Å². The summed E-state index contributed by atoms with van der Waals surface area (Å²) >= 11 is 0. The maximum absolute atomic E-state index is 11.2. The van der Waals surface area contributed by atoms with Crippen molar-refractivity contribution in [3.8, 4) is 0 Å². The summed E-state index contributed by atoms with van der Waals surface area (Å²) in [4.78, 5) is 13.6. The molecule has 2 aromatic rings. The number of aldehydes is 1. The Hall–Kier alpha value is -2.10. The summed E-state index contributed by atoms with van der Waals surface area (Å²) in [6, 6.07) is 21.1. The number of hydrogen-bond donors (Lipinski definition) is 0. The summed E-state index contributed by atoms with van der Waals surface area (Å²) in [5.74, 6) is 0. The van der Waals surface area contributed by atoms with Gasteiger partial charge in [0.2, 0.25) is 0 Å². The average molecular weight is 381 g/mol. The monoisotopic (exact) mass is 380 g/mol. The van der Waals surface area contributed by atoms with Gasteiger partial charge in [-0.05, 0) is 69.0 Å². The van der Waals surface area contributed by atoms with Crippen LogP contribution < -0.4 is 0 Å². The highest BCUT2D eigenvalue weighted by Crippen LogP contribution is 2.71. The molecule has 0 spiro atoms. The van der Waals surface area contributed by atoms with E-state index in [-0.39, 0.29) is 4.75 Å².